The molecule has 0 radical (unpaired) electrons. The van der Waals surface area contributed by atoms with Crippen molar-refractivity contribution in [3.8, 4) is 11.3 Å². The molecular formula is C17H16N4O2S2. The van der Waals surface area contributed by atoms with Gasteiger partial charge in [-0.15, -0.1) is 11.3 Å². The van der Waals surface area contributed by atoms with Crippen LogP contribution < -0.4 is 10.9 Å². The molecule has 0 fully saturated rings. The Morgan fingerprint density at radius 3 is 2.68 bits per heavy atom. The van der Waals surface area contributed by atoms with Gasteiger partial charge in [0.1, 0.15) is 11.5 Å². The first kappa shape index (κ1) is 17.4. The molecule has 0 aliphatic rings. The molecule has 1 aromatic carbocycles. The number of carbonyl (C=O) groups is 1. The lowest BCUT2D eigenvalue weighted by Crippen LogP contribution is -2.20. The van der Waals surface area contributed by atoms with Crippen LogP contribution in [0.25, 0.3) is 11.3 Å². The molecule has 3 rings (SSSR count). The first-order chi connectivity index (χ1) is 12.0. The monoisotopic (exact) mass is 372 g/mol. The van der Waals surface area contributed by atoms with E-state index in [1.807, 2.05) is 30.7 Å². The summed E-state index contributed by atoms with van der Waals surface area (Å²) in [5.41, 5.74) is 2.30. The second-order valence-electron chi connectivity index (χ2n) is 5.29. The molecule has 25 heavy (non-hydrogen) atoms. The Hall–Kier alpha value is -2.45. The maximum absolute atomic E-state index is 12.3. The van der Waals surface area contributed by atoms with Crippen LogP contribution in [0, 0.1) is 6.92 Å². The van der Waals surface area contributed by atoms with E-state index in [1.54, 1.807) is 23.5 Å². The van der Waals surface area contributed by atoms with Crippen LogP contribution >= 0.6 is 23.1 Å². The highest BCUT2D eigenvalue weighted by Crippen LogP contribution is 2.23. The zero-order chi connectivity index (χ0) is 17.8. The average molecular weight is 372 g/mol. The van der Waals surface area contributed by atoms with Gasteiger partial charge in [-0.2, -0.15) is 11.8 Å². The summed E-state index contributed by atoms with van der Waals surface area (Å²) < 4.78 is 0. The minimum absolute atomic E-state index is 0.104. The van der Waals surface area contributed by atoms with Crippen LogP contribution in [-0.4, -0.2) is 27.1 Å². The van der Waals surface area contributed by atoms with Gasteiger partial charge in [-0.1, -0.05) is 12.1 Å². The van der Waals surface area contributed by atoms with E-state index in [1.165, 1.54) is 17.8 Å². The minimum Gasteiger partial charge on any atom is -0.321 e. The Bertz CT molecular complexity index is 948. The largest absolute Gasteiger partial charge is 0.321 e. The molecule has 0 bridgehead atoms. The van der Waals surface area contributed by atoms with Crippen molar-refractivity contribution >= 4 is 34.7 Å². The van der Waals surface area contributed by atoms with Crippen molar-refractivity contribution in [3.63, 3.8) is 0 Å². The Labute approximate surface area is 152 Å². The molecule has 0 aliphatic carbocycles. The van der Waals surface area contributed by atoms with Crippen LogP contribution in [0.4, 0.5) is 5.69 Å². The van der Waals surface area contributed by atoms with E-state index in [4.69, 9.17) is 0 Å². The van der Waals surface area contributed by atoms with Gasteiger partial charge in [-0.3, -0.25) is 9.59 Å². The average Bonchev–Trinajstić information content (AvgIpc) is 3.02. The van der Waals surface area contributed by atoms with E-state index in [0.29, 0.717) is 17.3 Å². The first-order valence-electron chi connectivity index (χ1n) is 7.48. The Morgan fingerprint density at radius 1 is 1.28 bits per heavy atom. The third-order valence-electron chi connectivity index (χ3n) is 3.36. The molecule has 0 atom stereocenters. The van der Waals surface area contributed by atoms with Gasteiger partial charge >= 0.3 is 0 Å². The van der Waals surface area contributed by atoms with Gasteiger partial charge < -0.3 is 10.3 Å². The third kappa shape index (κ3) is 4.34. The number of thioether (sulfide) groups is 1. The molecule has 3 aromatic rings. The number of anilines is 1. The number of carbonyl (C=O) groups excluding carboxylic acids is 1. The molecule has 8 heteroatoms. The second-order valence-corrected chi connectivity index (χ2v) is 7.22. The van der Waals surface area contributed by atoms with E-state index in [2.05, 4.69) is 20.3 Å². The van der Waals surface area contributed by atoms with Gasteiger partial charge in [0.05, 0.1) is 16.5 Å². The van der Waals surface area contributed by atoms with Crippen molar-refractivity contribution in [1.29, 1.82) is 0 Å². The van der Waals surface area contributed by atoms with Gasteiger partial charge in [0.15, 0.2) is 0 Å². The number of nitrogens with one attached hydrogen (secondary N) is 2. The first-order valence-corrected chi connectivity index (χ1v) is 9.75. The standard InChI is InChI=1S/C17H16N4O2S2/c1-10-18-14(8-25-10)11-3-5-12(6-4-11)19-17(23)13-7-16(22)21-15(20-13)9-24-2/h3-8H,9H2,1-2H3,(H,19,23)(H,20,21,22). The summed E-state index contributed by atoms with van der Waals surface area (Å²) in [6.45, 7) is 1.96. The van der Waals surface area contributed by atoms with Crippen LogP contribution in [0.15, 0.2) is 40.5 Å². The quantitative estimate of drug-likeness (QED) is 0.717. The molecule has 0 saturated heterocycles. The molecule has 0 saturated carbocycles. The highest BCUT2D eigenvalue weighted by Gasteiger charge is 2.11. The number of aromatic nitrogens is 3. The zero-order valence-electron chi connectivity index (χ0n) is 13.7. The molecule has 2 heterocycles. The van der Waals surface area contributed by atoms with Crippen LogP contribution in [0.5, 0.6) is 0 Å². The van der Waals surface area contributed by atoms with E-state index in [-0.39, 0.29) is 11.3 Å². The van der Waals surface area contributed by atoms with Crippen molar-refractivity contribution < 1.29 is 4.79 Å². The molecular weight excluding hydrogens is 356 g/mol. The van der Waals surface area contributed by atoms with Gasteiger partial charge in [-0.05, 0) is 25.3 Å². The fraction of sp³-hybridized carbons (Fsp3) is 0.176. The number of amides is 1. The van der Waals surface area contributed by atoms with Crippen LogP contribution in [-0.2, 0) is 5.75 Å². The summed E-state index contributed by atoms with van der Waals surface area (Å²) in [5.74, 6) is 0.614. The molecule has 128 valence electrons. The Balaban J connectivity index is 1.76. The molecule has 0 unspecified atom stereocenters. The number of nitrogens with zero attached hydrogens (tertiary/aromatic N) is 2. The molecule has 2 aromatic heterocycles. The maximum atomic E-state index is 12.3. The highest BCUT2D eigenvalue weighted by atomic mass is 32.2. The SMILES string of the molecule is CSCc1nc(C(=O)Nc2ccc(-c3csc(C)n3)cc2)cc(=O)[nH]1. The molecule has 0 spiro atoms. The number of aromatic amines is 1. The fourth-order valence-electron chi connectivity index (χ4n) is 2.24. The van der Waals surface area contributed by atoms with E-state index < -0.39 is 5.91 Å². The van der Waals surface area contributed by atoms with E-state index in [9.17, 15) is 9.59 Å². The number of H-pyrrole nitrogens is 1. The predicted octanol–water partition coefficient (Wildman–Crippen LogP) is 3.32. The summed E-state index contributed by atoms with van der Waals surface area (Å²) in [7, 11) is 0. The van der Waals surface area contributed by atoms with Gasteiger partial charge in [-0.25, -0.2) is 9.97 Å². The van der Waals surface area contributed by atoms with Gasteiger partial charge in [0.25, 0.3) is 11.5 Å². The number of aryl methyl sites for hydroxylation is 1. The van der Waals surface area contributed by atoms with Crippen molar-refractivity contribution in [2.75, 3.05) is 11.6 Å². The zero-order valence-corrected chi connectivity index (χ0v) is 15.3. The van der Waals surface area contributed by atoms with Crippen LogP contribution in [0.2, 0.25) is 0 Å². The number of rotatable bonds is 5. The van der Waals surface area contributed by atoms with E-state index >= 15 is 0 Å². The van der Waals surface area contributed by atoms with Crippen molar-refractivity contribution in [3.05, 3.63) is 62.6 Å². The molecule has 2 N–H and O–H groups in total. The molecule has 6 nitrogen and oxygen atoms in total. The smallest absolute Gasteiger partial charge is 0.274 e. The Morgan fingerprint density at radius 2 is 2.04 bits per heavy atom. The summed E-state index contributed by atoms with van der Waals surface area (Å²) >= 11 is 3.11. The van der Waals surface area contributed by atoms with Gasteiger partial charge in [0, 0.05) is 22.7 Å². The predicted molar refractivity (Wildman–Crippen MR) is 102 cm³/mol. The van der Waals surface area contributed by atoms with Crippen LogP contribution in [0.1, 0.15) is 21.3 Å². The highest BCUT2D eigenvalue weighted by molar-refractivity contribution is 7.97. The van der Waals surface area contributed by atoms with Crippen molar-refractivity contribution in [2.24, 2.45) is 0 Å². The van der Waals surface area contributed by atoms with E-state index in [0.717, 1.165) is 16.3 Å². The molecule has 1 amide bonds. The summed E-state index contributed by atoms with van der Waals surface area (Å²) in [6.07, 6.45) is 1.90. The lowest BCUT2D eigenvalue weighted by atomic mass is 10.1. The normalized spacial score (nSPS) is 10.6. The lowest BCUT2D eigenvalue weighted by molar-refractivity contribution is 0.102. The molecule has 0 aliphatic heterocycles. The van der Waals surface area contributed by atoms with Gasteiger partial charge in [0.2, 0.25) is 0 Å². The van der Waals surface area contributed by atoms with Crippen molar-refractivity contribution in [2.45, 2.75) is 12.7 Å². The number of thiazole rings is 1. The maximum Gasteiger partial charge on any atom is 0.274 e. The Kier molecular flexibility index (Phi) is 5.30. The topological polar surface area (TPSA) is 87.7 Å². The number of hydrogen-bond acceptors (Lipinski definition) is 6. The lowest BCUT2D eigenvalue weighted by Gasteiger charge is -2.06. The minimum atomic E-state index is -0.411. The fourth-order valence-corrected chi connectivity index (χ4v) is 3.28. The summed E-state index contributed by atoms with van der Waals surface area (Å²) in [5, 5.41) is 5.76. The summed E-state index contributed by atoms with van der Waals surface area (Å²) in [6, 6.07) is 8.60. The summed E-state index contributed by atoms with van der Waals surface area (Å²) in [4.78, 5) is 35.2. The van der Waals surface area contributed by atoms with Crippen molar-refractivity contribution in [1.82, 2.24) is 15.0 Å². The van der Waals surface area contributed by atoms with Crippen LogP contribution in [0.3, 0.4) is 0 Å². The number of benzene rings is 1. The second kappa shape index (κ2) is 7.62. The number of hydrogen-bond donors (Lipinski definition) is 2. The third-order valence-corrected chi connectivity index (χ3v) is 4.70.